The number of carbonyl (C=O) groups is 1. The van der Waals surface area contributed by atoms with Gasteiger partial charge < -0.3 is 10.6 Å². The summed E-state index contributed by atoms with van der Waals surface area (Å²) in [6.07, 6.45) is 4.62. The van der Waals surface area contributed by atoms with Crippen LogP contribution in [0.4, 0.5) is 5.82 Å². The van der Waals surface area contributed by atoms with Crippen molar-refractivity contribution in [3.63, 3.8) is 0 Å². The van der Waals surface area contributed by atoms with Crippen molar-refractivity contribution in [2.45, 2.75) is 46.1 Å². The fourth-order valence-corrected chi connectivity index (χ4v) is 1.77. The van der Waals surface area contributed by atoms with Gasteiger partial charge in [0, 0.05) is 18.8 Å². The Kier molecular flexibility index (Phi) is 5.62. The second kappa shape index (κ2) is 6.99. The minimum atomic E-state index is 0.0466. The number of aromatic nitrogens is 1. The molecular formula is C14H23N3O. The third-order valence-electron chi connectivity index (χ3n) is 3.17. The van der Waals surface area contributed by atoms with Crippen LogP contribution in [0.5, 0.6) is 0 Å². The first-order valence-electron chi connectivity index (χ1n) is 6.62. The Morgan fingerprint density at radius 3 is 2.67 bits per heavy atom. The van der Waals surface area contributed by atoms with Gasteiger partial charge in [-0.2, -0.15) is 0 Å². The number of nitrogens with two attached hydrogens (primary N) is 1. The first kappa shape index (κ1) is 14.5. The van der Waals surface area contributed by atoms with E-state index in [0.717, 1.165) is 25.8 Å². The Labute approximate surface area is 109 Å². The van der Waals surface area contributed by atoms with Crippen molar-refractivity contribution >= 4 is 11.7 Å². The maximum absolute atomic E-state index is 12.4. The van der Waals surface area contributed by atoms with Gasteiger partial charge in [0.2, 0.25) is 0 Å². The maximum atomic E-state index is 12.4. The molecule has 0 aliphatic rings. The summed E-state index contributed by atoms with van der Waals surface area (Å²) in [5, 5.41) is 0. The largest absolute Gasteiger partial charge is 0.384 e. The number of rotatable bonds is 6. The minimum absolute atomic E-state index is 0.0466. The molecule has 0 spiro atoms. The molecule has 0 fully saturated rings. The van der Waals surface area contributed by atoms with E-state index in [1.807, 2.05) is 4.90 Å². The summed E-state index contributed by atoms with van der Waals surface area (Å²) in [6.45, 7) is 7.11. The molecular weight excluding hydrogens is 226 g/mol. The predicted molar refractivity (Wildman–Crippen MR) is 74.3 cm³/mol. The zero-order chi connectivity index (χ0) is 13.5. The lowest BCUT2D eigenvalue weighted by molar-refractivity contribution is 0.0685. The van der Waals surface area contributed by atoms with Crippen molar-refractivity contribution in [3.8, 4) is 0 Å². The fourth-order valence-electron chi connectivity index (χ4n) is 1.77. The molecule has 4 heteroatoms. The second-order valence-electron chi connectivity index (χ2n) is 4.58. The van der Waals surface area contributed by atoms with E-state index in [1.54, 1.807) is 18.3 Å². The molecule has 1 rings (SSSR count). The molecule has 1 heterocycles. The topological polar surface area (TPSA) is 59.2 Å². The van der Waals surface area contributed by atoms with Crippen LogP contribution in [0.2, 0.25) is 0 Å². The zero-order valence-electron chi connectivity index (χ0n) is 11.5. The van der Waals surface area contributed by atoms with Crippen LogP contribution in [0.1, 0.15) is 50.4 Å². The van der Waals surface area contributed by atoms with E-state index >= 15 is 0 Å². The quantitative estimate of drug-likeness (QED) is 0.843. The first-order valence-corrected chi connectivity index (χ1v) is 6.62. The number of nitrogen functional groups attached to an aromatic ring is 1. The van der Waals surface area contributed by atoms with E-state index < -0.39 is 0 Å². The van der Waals surface area contributed by atoms with E-state index in [0.29, 0.717) is 11.4 Å². The van der Waals surface area contributed by atoms with Gasteiger partial charge >= 0.3 is 0 Å². The summed E-state index contributed by atoms with van der Waals surface area (Å²) in [5.74, 6) is 0.487. The third-order valence-corrected chi connectivity index (χ3v) is 3.17. The molecule has 0 aliphatic carbocycles. The molecule has 0 radical (unpaired) electrons. The number of nitrogens with zero attached hydrogens (tertiary/aromatic N) is 2. The number of unbranched alkanes of at least 4 members (excludes halogenated alkanes) is 1. The molecule has 0 saturated heterocycles. The van der Waals surface area contributed by atoms with Gasteiger partial charge in [-0.05, 0) is 31.9 Å². The summed E-state index contributed by atoms with van der Waals surface area (Å²) in [4.78, 5) is 18.3. The van der Waals surface area contributed by atoms with E-state index in [1.165, 1.54) is 0 Å². The van der Waals surface area contributed by atoms with Crippen LogP contribution in [0, 0.1) is 0 Å². The minimum Gasteiger partial charge on any atom is -0.384 e. The highest BCUT2D eigenvalue weighted by Crippen LogP contribution is 2.12. The van der Waals surface area contributed by atoms with Gasteiger partial charge in [0.25, 0.3) is 5.91 Å². The van der Waals surface area contributed by atoms with E-state index in [4.69, 9.17) is 5.73 Å². The Morgan fingerprint density at radius 1 is 1.44 bits per heavy atom. The van der Waals surface area contributed by atoms with Gasteiger partial charge in [0.15, 0.2) is 0 Å². The lowest BCUT2D eigenvalue weighted by Gasteiger charge is -2.28. The molecule has 0 saturated carbocycles. The average Bonchev–Trinajstić information content (AvgIpc) is 2.39. The summed E-state index contributed by atoms with van der Waals surface area (Å²) in [7, 11) is 0. The van der Waals surface area contributed by atoms with Gasteiger partial charge in [0.1, 0.15) is 5.82 Å². The van der Waals surface area contributed by atoms with E-state index in [9.17, 15) is 4.79 Å². The van der Waals surface area contributed by atoms with Crippen molar-refractivity contribution < 1.29 is 4.79 Å². The van der Waals surface area contributed by atoms with Gasteiger partial charge in [-0.25, -0.2) is 4.98 Å². The molecule has 1 amide bonds. The Hall–Kier alpha value is -1.58. The van der Waals surface area contributed by atoms with Crippen molar-refractivity contribution in [1.29, 1.82) is 0 Å². The standard InChI is InChI=1S/C14H23N3O/c1-4-6-9-17(11(3)5-2)14(18)12-7-8-13(15)16-10-12/h7-8,10-11H,4-6,9H2,1-3H3,(H2,15,16). The number of hydrogen-bond donors (Lipinski definition) is 1. The van der Waals surface area contributed by atoms with Crippen LogP contribution in [0.3, 0.4) is 0 Å². The van der Waals surface area contributed by atoms with Gasteiger partial charge in [-0.3, -0.25) is 4.79 Å². The smallest absolute Gasteiger partial charge is 0.255 e. The van der Waals surface area contributed by atoms with Crippen molar-refractivity contribution in [2.24, 2.45) is 0 Å². The van der Waals surface area contributed by atoms with Gasteiger partial charge in [-0.1, -0.05) is 20.3 Å². The Balaban J connectivity index is 2.83. The highest BCUT2D eigenvalue weighted by atomic mass is 16.2. The molecule has 0 aliphatic heterocycles. The highest BCUT2D eigenvalue weighted by molar-refractivity contribution is 5.94. The molecule has 2 N–H and O–H groups in total. The van der Waals surface area contributed by atoms with Crippen LogP contribution in [0.15, 0.2) is 18.3 Å². The molecule has 18 heavy (non-hydrogen) atoms. The summed E-state index contributed by atoms with van der Waals surface area (Å²) >= 11 is 0. The highest BCUT2D eigenvalue weighted by Gasteiger charge is 2.19. The summed E-state index contributed by atoms with van der Waals surface area (Å²) < 4.78 is 0. The van der Waals surface area contributed by atoms with Crippen molar-refractivity contribution in [2.75, 3.05) is 12.3 Å². The van der Waals surface area contributed by atoms with Crippen molar-refractivity contribution in [3.05, 3.63) is 23.9 Å². The zero-order valence-corrected chi connectivity index (χ0v) is 11.5. The molecule has 1 unspecified atom stereocenters. The van der Waals surface area contributed by atoms with Gasteiger partial charge in [-0.15, -0.1) is 0 Å². The Morgan fingerprint density at radius 2 is 2.17 bits per heavy atom. The predicted octanol–water partition coefficient (Wildman–Crippen LogP) is 2.70. The maximum Gasteiger partial charge on any atom is 0.255 e. The second-order valence-corrected chi connectivity index (χ2v) is 4.58. The molecule has 1 aromatic heterocycles. The van der Waals surface area contributed by atoms with Crippen molar-refractivity contribution in [1.82, 2.24) is 9.88 Å². The molecule has 1 aromatic rings. The SMILES string of the molecule is CCCCN(C(=O)c1ccc(N)nc1)C(C)CC. The number of hydrogen-bond acceptors (Lipinski definition) is 3. The Bertz CT molecular complexity index is 375. The average molecular weight is 249 g/mol. The number of carbonyl (C=O) groups excluding carboxylic acids is 1. The number of anilines is 1. The van der Waals surface area contributed by atoms with E-state index in [2.05, 4.69) is 25.8 Å². The van der Waals surface area contributed by atoms with Crippen LogP contribution < -0.4 is 5.73 Å². The monoisotopic (exact) mass is 249 g/mol. The van der Waals surface area contributed by atoms with Crippen LogP contribution in [0.25, 0.3) is 0 Å². The lowest BCUT2D eigenvalue weighted by Crippen LogP contribution is -2.39. The third kappa shape index (κ3) is 3.72. The lowest BCUT2D eigenvalue weighted by atomic mass is 10.1. The molecule has 100 valence electrons. The molecule has 4 nitrogen and oxygen atoms in total. The van der Waals surface area contributed by atoms with Crippen LogP contribution in [-0.4, -0.2) is 28.4 Å². The van der Waals surface area contributed by atoms with E-state index in [-0.39, 0.29) is 11.9 Å². The first-order chi connectivity index (χ1) is 8.60. The summed E-state index contributed by atoms with van der Waals surface area (Å²) in [5.41, 5.74) is 6.14. The summed E-state index contributed by atoms with van der Waals surface area (Å²) in [6, 6.07) is 3.66. The number of amides is 1. The van der Waals surface area contributed by atoms with Crippen LogP contribution in [-0.2, 0) is 0 Å². The normalized spacial score (nSPS) is 12.2. The number of pyridine rings is 1. The molecule has 0 aromatic carbocycles. The molecule has 0 bridgehead atoms. The molecule has 1 atom stereocenters. The van der Waals surface area contributed by atoms with Crippen LogP contribution >= 0.6 is 0 Å². The fraction of sp³-hybridized carbons (Fsp3) is 0.571. The van der Waals surface area contributed by atoms with Gasteiger partial charge in [0.05, 0.1) is 5.56 Å².